The highest BCUT2D eigenvalue weighted by Gasteiger charge is 2.43. The Hall–Kier alpha value is -2.66. The highest BCUT2D eigenvalue weighted by Crippen LogP contribution is 2.45. The van der Waals surface area contributed by atoms with Gasteiger partial charge in [0, 0.05) is 37.3 Å². The summed E-state index contributed by atoms with van der Waals surface area (Å²) in [6, 6.07) is 27.4. The Balaban J connectivity index is 1.15. The molecule has 3 aromatic rings. The zero-order valence-electron chi connectivity index (χ0n) is 18.5. The summed E-state index contributed by atoms with van der Waals surface area (Å²) in [6.45, 7) is 3.57. The van der Waals surface area contributed by atoms with Crippen molar-refractivity contribution < 1.29 is 9.84 Å². The first kappa shape index (κ1) is 21.2. The number of nitrogens with one attached hydrogen (secondary N) is 1. The number of aliphatic hydroxyl groups excluding tert-OH is 1. The van der Waals surface area contributed by atoms with Crippen molar-refractivity contribution in [2.75, 3.05) is 19.7 Å². The Morgan fingerprint density at radius 1 is 0.906 bits per heavy atom. The molecule has 1 saturated carbocycles. The lowest BCUT2D eigenvalue weighted by molar-refractivity contribution is 0.0634. The van der Waals surface area contributed by atoms with Crippen LogP contribution >= 0.6 is 0 Å². The summed E-state index contributed by atoms with van der Waals surface area (Å²) < 4.78 is 6.08. The van der Waals surface area contributed by atoms with Crippen LogP contribution in [0.2, 0.25) is 0 Å². The summed E-state index contributed by atoms with van der Waals surface area (Å²) in [5, 5.41) is 14.4. The van der Waals surface area contributed by atoms with E-state index in [2.05, 4.69) is 70.9 Å². The predicted molar refractivity (Wildman–Crippen MR) is 128 cm³/mol. The number of fused-ring (bicyclic) bond motifs is 1. The predicted octanol–water partition coefficient (Wildman–Crippen LogP) is 4.26. The minimum absolute atomic E-state index is 0.0957. The Morgan fingerprint density at radius 3 is 2.44 bits per heavy atom. The fourth-order valence-electron chi connectivity index (χ4n) is 4.75. The molecule has 0 aromatic heterocycles. The van der Waals surface area contributed by atoms with E-state index in [1.54, 1.807) is 0 Å². The zero-order chi connectivity index (χ0) is 21.8. The maximum absolute atomic E-state index is 10.6. The molecule has 5 rings (SSSR count). The van der Waals surface area contributed by atoms with Gasteiger partial charge < -0.3 is 15.2 Å². The second-order valence-corrected chi connectivity index (χ2v) is 9.13. The number of aliphatic hydroxyl groups is 1. The van der Waals surface area contributed by atoms with Crippen LogP contribution in [-0.4, -0.2) is 35.8 Å². The molecular weight excluding hydrogens is 396 g/mol. The normalized spacial score (nSPS) is 18.0. The lowest BCUT2D eigenvalue weighted by Crippen LogP contribution is -2.38. The second kappa shape index (κ2) is 9.45. The summed E-state index contributed by atoms with van der Waals surface area (Å²) in [7, 11) is 0. The molecule has 0 spiro atoms. The van der Waals surface area contributed by atoms with E-state index in [1.807, 2.05) is 18.2 Å². The van der Waals surface area contributed by atoms with Crippen LogP contribution in [0.3, 0.4) is 0 Å². The third kappa shape index (κ3) is 4.88. The standard InChI is InChI=1S/C28H32N2O2/c31-26(20-30-17-14-22-8-4-5-10-24(22)19-30)21-32-27-13-7-6-9-23(27)18-29-28(15-16-28)25-11-2-1-3-12-25/h1-13,26,29,31H,14-21H2/t26-/m1/s1. The maximum Gasteiger partial charge on any atom is 0.123 e. The Morgan fingerprint density at radius 2 is 1.62 bits per heavy atom. The molecule has 166 valence electrons. The molecule has 2 aliphatic rings. The number of para-hydroxylation sites is 1. The zero-order valence-corrected chi connectivity index (χ0v) is 18.5. The molecule has 3 aromatic carbocycles. The average Bonchev–Trinajstić information content (AvgIpc) is 3.64. The van der Waals surface area contributed by atoms with E-state index < -0.39 is 6.10 Å². The number of rotatable bonds is 9. The molecular formula is C28H32N2O2. The minimum atomic E-state index is -0.514. The van der Waals surface area contributed by atoms with Gasteiger partial charge in [-0.05, 0) is 42.0 Å². The van der Waals surface area contributed by atoms with Crippen LogP contribution in [0.15, 0.2) is 78.9 Å². The minimum Gasteiger partial charge on any atom is -0.491 e. The van der Waals surface area contributed by atoms with Gasteiger partial charge in [0.05, 0.1) is 0 Å². The van der Waals surface area contributed by atoms with Crippen LogP contribution in [0.25, 0.3) is 0 Å². The largest absolute Gasteiger partial charge is 0.491 e. The van der Waals surface area contributed by atoms with Gasteiger partial charge in [-0.15, -0.1) is 0 Å². The second-order valence-electron chi connectivity index (χ2n) is 9.13. The van der Waals surface area contributed by atoms with E-state index >= 15 is 0 Å². The molecule has 2 N–H and O–H groups in total. The first-order valence-corrected chi connectivity index (χ1v) is 11.7. The molecule has 4 nitrogen and oxygen atoms in total. The number of benzene rings is 3. The molecule has 0 amide bonds. The van der Waals surface area contributed by atoms with Crippen molar-refractivity contribution >= 4 is 0 Å². The highest BCUT2D eigenvalue weighted by molar-refractivity contribution is 5.35. The SMILES string of the molecule is O[C@@H](COc1ccccc1CNC1(c2ccccc2)CC1)CN1CCc2ccccc2C1. The first-order valence-electron chi connectivity index (χ1n) is 11.7. The summed E-state index contributed by atoms with van der Waals surface area (Å²) in [5.41, 5.74) is 5.39. The molecule has 1 aliphatic carbocycles. The average molecular weight is 429 g/mol. The lowest BCUT2D eigenvalue weighted by Gasteiger charge is -2.30. The molecule has 0 bridgehead atoms. The van der Waals surface area contributed by atoms with Gasteiger partial charge in [0.25, 0.3) is 0 Å². The Labute approximate surface area is 190 Å². The van der Waals surface area contributed by atoms with Crippen molar-refractivity contribution in [1.29, 1.82) is 0 Å². The summed E-state index contributed by atoms with van der Waals surface area (Å²) in [6.07, 6.45) is 2.86. The van der Waals surface area contributed by atoms with Gasteiger partial charge in [-0.3, -0.25) is 4.90 Å². The molecule has 0 unspecified atom stereocenters. The summed E-state index contributed by atoms with van der Waals surface area (Å²) in [5.74, 6) is 0.854. The van der Waals surface area contributed by atoms with E-state index in [4.69, 9.17) is 4.74 Å². The van der Waals surface area contributed by atoms with E-state index in [-0.39, 0.29) is 5.54 Å². The van der Waals surface area contributed by atoms with Gasteiger partial charge in [-0.1, -0.05) is 72.8 Å². The van der Waals surface area contributed by atoms with E-state index in [0.717, 1.165) is 50.2 Å². The van der Waals surface area contributed by atoms with Gasteiger partial charge in [0.2, 0.25) is 0 Å². The molecule has 0 saturated heterocycles. The van der Waals surface area contributed by atoms with Gasteiger partial charge in [-0.25, -0.2) is 0 Å². The summed E-state index contributed by atoms with van der Waals surface area (Å²) >= 11 is 0. The van der Waals surface area contributed by atoms with Gasteiger partial charge in [0.1, 0.15) is 18.5 Å². The lowest BCUT2D eigenvalue weighted by atomic mass is 10.00. The number of β-amino-alcohol motifs (C(OH)–C–C–N with tert-alkyl or cyclic N) is 1. The molecule has 1 atom stereocenters. The van der Waals surface area contributed by atoms with Crippen LogP contribution in [0.5, 0.6) is 5.75 Å². The van der Waals surface area contributed by atoms with Gasteiger partial charge in [0.15, 0.2) is 0 Å². The molecule has 1 aliphatic heterocycles. The van der Waals surface area contributed by atoms with Crippen molar-refractivity contribution in [3.05, 3.63) is 101 Å². The highest BCUT2D eigenvalue weighted by atomic mass is 16.5. The quantitative estimate of drug-likeness (QED) is 0.534. The molecule has 1 fully saturated rings. The first-order chi connectivity index (χ1) is 15.7. The van der Waals surface area contributed by atoms with Crippen molar-refractivity contribution in [3.8, 4) is 5.75 Å². The molecule has 0 radical (unpaired) electrons. The van der Waals surface area contributed by atoms with Crippen molar-refractivity contribution in [2.45, 2.75) is 44.0 Å². The van der Waals surface area contributed by atoms with Crippen LogP contribution in [-0.2, 0) is 25.0 Å². The fourth-order valence-corrected chi connectivity index (χ4v) is 4.75. The molecule has 32 heavy (non-hydrogen) atoms. The monoisotopic (exact) mass is 428 g/mol. The molecule has 1 heterocycles. The topological polar surface area (TPSA) is 44.7 Å². The third-order valence-electron chi connectivity index (χ3n) is 6.78. The fraction of sp³-hybridized carbons (Fsp3) is 0.357. The van der Waals surface area contributed by atoms with Crippen LogP contribution < -0.4 is 10.1 Å². The van der Waals surface area contributed by atoms with E-state index in [9.17, 15) is 5.11 Å². The number of ether oxygens (including phenoxy) is 1. The van der Waals surface area contributed by atoms with Gasteiger partial charge in [-0.2, -0.15) is 0 Å². The smallest absolute Gasteiger partial charge is 0.123 e. The Kier molecular flexibility index (Phi) is 6.26. The van der Waals surface area contributed by atoms with E-state index in [0.29, 0.717) is 13.2 Å². The van der Waals surface area contributed by atoms with Crippen LogP contribution in [0.4, 0.5) is 0 Å². The van der Waals surface area contributed by atoms with Gasteiger partial charge >= 0.3 is 0 Å². The van der Waals surface area contributed by atoms with Crippen molar-refractivity contribution in [1.82, 2.24) is 10.2 Å². The maximum atomic E-state index is 10.6. The van der Waals surface area contributed by atoms with Crippen molar-refractivity contribution in [2.24, 2.45) is 0 Å². The van der Waals surface area contributed by atoms with Crippen molar-refractivity contribution in [3.63, 3.8) is 0 Å². The Bertz CT molecular complexity index is 1030. The number of hydrogen-bond donors (Lipinski definition) is 2. The van der Waals surface area contributed by atoms with Crippen LogP contribution in [0, 0.1) is 0 Å². The number of hydrogen-bond acceptors (Lipinski definition) is 4. The third-order valence-corrected chi connectivity index (χ3v) is 6.78. The summed E-state index contributed by atoms with van der Waals surface area (Å²) in [4.78, 5) is 2.32. The number of nitrogens with zero attached hydrogens (tertiary/aromatic N) is 1. The molecule has 4 heteroatoms. The van der Waals surface area contributed by atoms with Crippen LogP contribution in [0.1, 0.15) is 35.1 Å². The van der Waals surface area contributed by atoms with E-state index in [1.165, 1.54) is 16.7 Å².